The summed E-state index contributed by atoms with van der Waals surface area (Å²) >= 11 is 0. The van der Waals surface area contributed by atoms with Gasteiger partial charge in [-0.05, 0) is 176 Å². The lowest BCUT2D eigenvalue weighted by molar-refractivity contribution is -0.0220. The van der Waals surface area contributed by atoms with Crippen LogP contribution in [0.5, 0.6) is 0 Å². The number of alkyl halides is 2. The van der Waals surface area contributed by atoms with Crippen LogP contribution in [0.2, 0.25) is 0 Å². The molecule has 0 aliphatic carbocycles. The molecule has 7 N–H and O–H groups in total. The summed E-state index contributed by atoms with van der Waals surface area (Å²) < 4.78 is 42.4. The molecular weight excluding hydrogens is 1470 g/mol. The fourth-order valence-corrected chi connectivity index (χ4v) is 17.2. The van der Waals surface area contributed by atoms with Crippen molar-refractivity contribution in [2.24, 2.45) is 0 Å². The van der Waals surface area contributed by atoms with Gasteiger partial charge in [-0.2, -0.15) is 0 Å². The van der Waals surface area contributed by atoms with Crippen molar-refractivity contribution in [3.05, 3.63) is 177 Å². The molecule has 2 bridgehead atoms. The zero-order valence-corrected chi connectivity index (χ0v) is 75.7. The van der Waals surface area contributed by atoms with Crippen LogP contribution in [-0.2, 0) is 40.5 Å². The SMILES string of the molecule is CC(C)c1ccc(N2CC3CCC(C2)N3C)c(CO)c1.CC(C)c1ccc(N2CCN(C(C)C)CC2)c(CO)c1.CNCc1cc(C(C)C)ccc1N1CCC(F)(F)CC1.CNCc1cc(C(C)C)ccc1N1CCNC(COC)C1.COCC1CN(c2ccc(C(C)C)cc2)CCN1.COCC1CNCCN1c1ccc(C(C)C)cc1. The molecule has 20 heteroatoms. The molecule has 5 atom stereocenters. The van der Waals surface area contributed by atoms with E-state index in [1.807, 2.05) is 14.1 Å². The first kappa shape index (κ1) is 96.0. The number of nitrogens with zero attached hydrogens (tertiary/aromatic N) is 8. The topological polar surface area (TPSA) is 154 Å². The maximum Gasteiger partial charge on any atom is 0.251 e. The number of fused-ring (bicyclic) bond motifs is 2. The molecule has 6 aromatic carbocycles. The number of methoxy groups -OCH3 is 3. The fourth-order valence-electron chi connectivity index (χ4n) is 17.2. The number of nitrogens with one attached hydrogen (secondary N) is 5. The minimum absolute atomic E-state index is 0.0437. The largest absolute Gasteiger partial charge is 0.392 e. The Morgan fingerprint density at radius 1 is 0.419 bits per heavy atom. The fraction of sp³-hybridized carbons (Fsp3) is 0.629. The first-order chi connectivity index (χ1) is 56.1. The maximum atomic E-state index is 13.3. The van der Waals surface area contributed by atoms with E-state index in [2.05, 4.69) is 291 Å². The number of halogens is 2. The molecule has 0 amide bonds. The Bertz CT molecular complexity index is 3790. The van der Waals surface area contributed by atoms with Gasteiger partial charge >= 0.3 is 0 Å². The number of ether oxygens (including phenoxy) is 3. The van der Waals surface area contributed by atoms with Crippen molar-refractivity contribution in [1.82, 2.24) is 36.4 Å². The molecule has 117 heavy (non-hydrogen) atoms. The molecule has 18 nitrogen and oxygen atoms in total. The lowest BCUT2D eigenvalue weighted by atomic mass is 9.98. The van der Waals surface area contributed by atoms with E-state index < -0.39 is 5.92 Å². The van der Waals surface area contributed by atoms with E-state index in [-0.39, 0.29) is 26.1 Å². The van der Waals surface area contributed by atoms with E-state index in [4.69, 9.17) is 14.2 Å². The quantitative estimate of drug-likeness (QED) is 0.0291. The molecule has 7 aliphatic rings. The Morgan fingerprint density at radius 2 is 0.795 bits per heavy atom. The van der Waals surface area contributed by atoms with Crippen LogP contribution in [0.25, 0.3) is 0 Å². The molecule has 652 valence electrons. The van der Waals surface area contributed by atoms with Crippen molar-refractivity contribution in [1.29, 1.82) is 0 Å². The monoisotopic (exact) mass is 1620 g/mol. The van der Waals surface area contributed by atoms with Crippen LogP contribution >= 0.6 is 0 Å². The zero-order chi connectivity index (χ0) is 84.9. The van der Waals surface area contributed by atoms with Gasteiger partial charge in [0.25, 0.3) is 5.92 Å². The van der Waals surface area contributed by atoms with Crippen molar-refractivity contribution in [3.8, 4) is 0 Å². The van der Waals surface area contributed by atoms with Crippen LogP contribution in [0.4, 0.5) is 42.9 Å². The average Bonchev–Trinajstić information content (AvgIpc) is 1.69. The predicted octanol–water partition coefficient (Wildman–Crippen LogP) is 15.6. The maximum absolute atomic E-state index is 13.3. The van der Waals surface area contributed by atoms with Crippen molar-refractivity contribution < 1.29 is 33.2 Å². The van der Waals surface area contributed by atoms with E-state index in [9.17, 15) is 19.0 Å². The van der Waals surface area contributed by atoms with Crippen LogP contribution in [-0.4, -0.2) is 236 Å². The van der Waals surface area contributed by atoms with E-state index in [1.165, 1.54) is 85.8 Å². The van der Waals surface area contributed by atoms with E-state index >= 15 is 0 Å². The van der Waals surface area contributed by atoms with Gasteiger partial charge in [-0.3, -0.25) is 9.80 Å². The number of piperidine rings is 1. The molecule has 0 radical (unpaired) electrons. The summed E-state index contributed by atoms with van der Waals surface area (Å²) in [4.78, 5) is 19.4. The molecule has 5 unspecified atom stereocenters. The predicted molar refractivity (Wildman–Crippen MR) is 490 cm³/mol. The summed E-state index contributed by atoms with van der Waals surface area (Å²) in [5.41, 5.74) is 20.4. The smallest absolute Gasteiger partial charge is 0.251 e. The van der Waals surface area contributed by atoms with Crippen LogP contribution in [0.3, 0.4) is 0 Å². The number of rotatable bonds is 25. The zero-order valence-electron chi connectivity index (χ0n) is 75.7. The first-order valence-electron chi connectivity index (χ1n) is 44.3. The summed E-state index contributed by atoms with van der Waals surface area (Å²) in [6, 6.07) is 47.7. The summed E-state index contributed by atoms with van der Waals surface area (Å²) in [5.74, 6) is 0.770. The van der Waals surface area contributed by atoms with Crippen molar-refractivity contribution >= 4 is 34.1 Å². The third kappa shape index (κ3) is 28.6. The second-order valence-electron chi connectivity index (χ2n) is 35.6. The number of piperazine rings is 5. The Hall–Kier alpha value is -6.50. The number of aliphatic hydroxyl groups excluding tert-OH is 2. The number of hydrogen-bond acceptors (Lipinski definition) is 18. The number of aliphatic hydroxyl groups is 2. The van der Waals surface area contributed by atoms with E-state index in [0.29, 0.717) is 84.8 Å². The molecule has 7 aliphatic heterocycles. The summed E-state index contributed by atoms with van der Waals surface area (Å²) in [6.07, 6.45) is 2.54. The molecule has 0 aromatic heterocycles. The van der Waals surface area contributed by atoms with Gasteiger partial charge in [0.1, 0.15) is 0 Å². The molecule has 0 spiro atoms. The summed E-state index contributed by atoms with van der Waals surface area (Å²) in [6.45, 7) is 52.0. The normalized spacial score (nSPS) is 20.4. The average molecular weight is 1620 g/mol. The van der Waals surface area contributed by atoms with Crippen LogP contribution in [0.1, 0.15) is 214 Å². The molecule has 0 saturated carbocycles. The van der Waals surface area contributed by atoms with Gasteiger partial charge in [-0.25, -0.2) is 8.78 Å². The van der Waals surface area contributed by atoms with Crippen LogP contribution in [0.15, 0.2) is 121 Å². The minimum Gasteiger partial charge on any atom is -0.392 e. The molecule has 6 aromatic rings. The number of anilines is 6. The van der Waals surface area contributed by atoms with Gasteiger partial charge < -0.3 is 80.4 Å². The van der Waals surface area contributed by atoms with Crippen molar-refractivity contribution in [2.75, 3.05) is 203 Å². The van der Waals surface area contributed by atoms with Crippen molar-refractivity contribution in [3.63, 3.8) is 0 Å². The van der Waals surface area contributed by atoms with E-state index in [1.54, 1.807) is 21.3 Å². The Labute approximate surface area is 706 Å². The molecule has 13 rings (SSSR count). The van der Waals surface area contributed by atoms with Crippen molar-refractivity contribution in [2.45, 2.75) is 227 Å². The molecule has 7 saturated heterocycles. The standard InChI is InChI=1S/C17H29N3O.C17H26N2O.C17H28N2O.C16H24F2N2.2C15H24N2O/c1-13(2)14-5-6-17(15(9-14)10-18-3)20-8-7-19-16(11-20)12-21-4;1-12(2)13-4-7-17(14(8-13)11-20)19-9-15-5-6-16(10-19)18(15)3;1-13(2)15-5-6-17(16(11-15)12-20)19-9-7-18(8-10-19)14(3)4;1-12(2)13-4-5-15(14(10-13)11-19-3)20-8-6-16(17,18)7-9-20;1-12(2)13-4-6-15(7-5-13)17-9-8-16-14(10-17)11-18-3;1-12(2)13-4-6-14(7-5-13)17-9-8-16-10-15(17)11-18-3/h5-6,9,13,16,18-19H,7-8,10-12H2,1-4H3;4,7-8,12,15-16,20H,5-6,9-11H2,1-3H3;5-6,11,13-14,20H,7-10,12H2,1-4H3;4-5,10,12,19H,6-9,11H2,1-3H3;4-7,12,14,16H,8-11H2,1-3H3;4-7,12,15-16H,8-11H2,1-3H3. The highest BCUT2D eigenvalue weighted by molar-refractivity contribution is 5.60. The van der Waals surface area contributed by atoms with Crippen LogP contribution < -0.4 is 56.0 Å². The molecule has 7 fully saturated rings. The Morgan fingerprint density at radius 3 is 1.21 bits per heavy atom. The summed E-state index contributed by atoms with van der Waals surface area (Å²) in [7, 11) is 11.5. The summed E-state index contributed by atoms with van der Waals surface area (Å²) in [5, 5.41) is 36.3. The Balaban J connectivity index is 0.000000175. The third-order valence-corrected chi connectivity index (χ3v) is 24.7. The first-order valence-corrected chi connectivity index (χ1v) is 44.3. The molecular formula is C97H155F2N13O5. The van der Waals surface area contributed by atoms with Crippen LogP contribution in [0, 0.1) is 0 Å². The van der Waals surface area contributed by atoms with Gasteiger partial charge in [0.2, 0.25) is 0 Å². The highest BCUT2D eigenvalue weighted by Crippen LogP contribution is 2.37. The number of benzene rings is 6. The van der Waals surface area contributed by atoms with Gasteiger partial charge in [-0.15, -0.1) is 0 Å². The van der Waals surface area contributed by atoms with Gasteiger partial charge in [-0.1, -0.05) is 156 Å². The third-order valence-electron chi connectivity index (χ3n) is 24.7. The van der Waals surface area contributed by atoms with Gasteiger partial charge in [0.05, 0.1) is 39.1 Å². The van der Waals surface area contributed by atoms with E-state index in [0.717, 1.165) is 148 Å². The van der Waals surface area contributed by atoms with Gasteiger partial charge in [0, 0.05) is 234 Å². The van der Waals surface area contributed by atoms with Gasteiger partial charge in [0.15, 0.2) is 0 Å². The number of likely N-dealkylation sites (N-methyl/N-ethyl adjacent to an activating group) is 1. The lowest BCUT2D eigenvalue weighted by Gasteiger charge is -2.41. The Kier molecular flexibility index (Phi) is 39.6. The minimum atomic E-state index is -2.49. The molecule has 7 heterocycles. The lowest BCUT2D eigenvalue weighted by Crippen LogP contribution is -2.53. The number of hydrogen-bond donors (Lipinski definition) is 7. The second-order valence-corrected chi connectivity index (χ2v) is 35.6. The highest BCUT2D eigenvalue weighted by atomic mass is 19.3. The highest BCUT2D eigenvalue weighted by Gasteiger charge is 2.39. The second kappa shape index (κ2) is 48.2.